The SMILES string of the molecule is CC[C@@H](N=C(N)C(N)=Nc1csc(S(=O)(=O)N(CC)CC)c1O)c1cc(C)co1. The van der Waals surface area contributed by atoms with Gasteiger partial charge in [0.05, 0.1) is 6.26 Å². The first kappa shape index (κ1) is 22.9. The summed E-state index contributed by atoms with van der Waals surface area (Å²) in [5, 5.41) is 11.8. The predicted octanol–water partition coefficient (Wildman–Crippen LogP) is 2.88. The van der Waals surface area contributed by atoms with Crippen LogP contribution in [0.15, 0.2) is 36.3 Å². The summed E-state index contributed by atoms with van der Waals surface area (Å²) in [6, 6.07) is 1.54. The first-order valence-electron chi connectivity index (χ1n) is 9.19. The van der Waals surface area contributed by atoms with Crippen molar-refractivity contribution in [2.24, 2.45) is 21.5 Å². The summed E-state index contributed by atoms with van der Waals surface area (Å²) >= 11 is 0.876. The lowest BCUT2D eigenvalue weighted by atomic mass is 10.1. The lowest BCUT2D eigenvalue weighted by Crippen LogP contribution is -2.31. The zero-order valence-electron chi connectivity index (χ0n) is 16.9. The van der Waals surface area contributed by atoms with E-state index in [-0.39, 0.29) is 27.6 Å². The molecule has 0 aliphatic rings. The molecule has 0 aliphatic heterocycles. The molecule has 0 spiro atoms. The second kappa shape index (κ2) is 9.42. The molecule has 160 valence electrons. The molecule has 29 heavy (non-hydrogen) atoms. The number of aromatic hydroxyl groups is 1. The van der Waals surface area contributed by atoms with Gasteiger partial charge in [0.15, 0.2) is 21.6 Å². The van der Waals surface area contributed by atoms with Gasteiger partial charge in [0.2, 0.25) is 0 Å². The molecule has 2 heterocycles. The van der Waals surface area contributed by atoms with Crippen LogP contribution in [0.2, 0.25) is 0 Å². The third kappa shape index (κ3) is 4.98. The van der Waals surface area contributed by atoms with E-state index in [1.165, 1.54) is 9.69 Å². The fourth-order valence-electron chi connectivity index (χ4n) is 2.67. The molecule has 1 atom stereocenters. The van der Waals surface area contributed by atoms with Gasteiger partial charge in [-0.3, -0.25) is 4.99 Å². The van der Waals surface area contributed by atoms with Crippen LogP contribution < -0.4 is 11.5 Å². The van der Waals surface area contributed by atoms with Gasteiger partial charge in [-0.2, -0.15) is 4.31 Å². The fraction of sp³-hybridized carbons (Fsp3) is 0.444. The summed E-state index contributed by atoms with van der Waals surface area (Å²) < 4.78 is 31.8. The molecule has 2 aromatic rings. The quantitative estimate of drug-likeness (QED) is 0.424. The third-order valence-electron chi connectivity index (χ3n) is 4.26. The molecule has 0 unspecified atom stereocenters. The van der Waals surface area contributed by atoms with Gasteiger partial charge in [-0.05, 0) is 25.0 Å². The van der Waals surface area contributed by atoms with Crippen molar-refractivity contribution in [1.29, 1.82) is 0 Å². The molecule has 11 heteroatoms. The van der Waals surface area contributed by atoms with Crippen LogP contribution in [-0.2, 0) is 10.0 Å². The van der Waals surface area contributed by atoms with E-state index in [0.29, 0.717) is 25.3 Å². The molecular formula is C18H27N5O4S2. The Balaban J connectivity index is 2.33. The molecule has 0 radical (unpaired) electrons. The summed E-state index contributed by atoms with van der Waals surface area (Å²) in [4.78, 5) is 8.43. The van der Waals surface area contributed by atoms with E-state index in [4.69, 9.17) is 15.9 Å². The van der Waals surface area contributed by atoms with E-state index in [9.17, 15) is 13.5 Å². The monoisotopic (exact) mass is 441 g/mol. The Morgan fingerprint density at radius 2 is 1.93 bits per heavy atom. The van der Waals surface area contributed by atoms with Gasteiger partial charge in [-0.15, -0.1) is 11.3 Å². The Morgan fingerprint density at radius 3 is 2.45 bits per heavy atom. The van der Waals surface area contributed by atoms with E-state index < -0.39 is 15.8 Å². The zero-order chi connectivity index (χ0) is 21.8. The highest BCUT2D eigenvalue weighted by molar-refractivity contribution is 7.91. The maximum absolute atomic E-state index is 12.6. The summed E-state index contributed by atoms with van der Waals surface area (Å²) in [5.41, 5.74) is 12.9. The van der Waals surface area contributed by atoms with Gasteiger partial charge in [-0.1, -0.05) is 20.8 Å². The number of nitrogens with two attached hydrogens (primary N) is 2. The smallest absolute Gasteiger partial charge is 0.256 e. The van der Waals surface area contributed by atoms with Crippen molar-refractivity contribution in [3.05, 3.63) is 29.0 Å². The molecule has 5 N–H and O–H groups in total. The van der Waals surface area contributed by atoms with Crippen molar-refractivity contribution in [2.45, 2.75) is 44.4 Å². The summed E-state index contributed by atoms with van der Waals surface area (Å²) in [7, 11) is -3.81. The number of thiophene rings is 1. The van der Waals surface area contributed by atoms with E-state index in [1.54, 1.807) is 20.1 Å². The van der Waals surface area contributed by atoms with Gasteiger partial charge in [0, 0.05) is 18.5 Å². The van der Waals surface area contributed by atoms with Crippen molar-refractivity contribution in [3.8, 4) is 5.75 Å². The highest BCUT2D eigenvalue weighted by Crippen LogP contribution is 2.40. The van der Waals surface area contributed by atoms with Crippen LogP contribution in [0.4, 0.5) is 5.69 Å². The Morgan fingerprint density at radius 1 is 1.28 bits per heavy atom. The molecule has 2 aromatic heterocycles. The second-order valence-corrected chi connectivity index (χ2v) is 9.32. The van der Waals surface area contributed by atoms with Crippen LogP contribution >= 0.6 is 11.3 Å². The lowest BCUT2D eigenvalue weighted by Gasteiger charge is -2.17. The number of amidine groups is 2. The van der Waals surface area contributed by atoms with Crippen molar-refractivity contribution in [2.75, 3.05) is 13.1 Å². The number of aliphatic imine (C=N–C) groups is 2. The van der Waals surface area contributed by atoms with Gasteiger partial charge < -0.3 is 21.0 Å². The summed E-state index contributed by atoms with van der Waals surface area (Å²) in [6.45, 7) is 7.88. The average Bonchev–Trinajstić information content (AvgIpc) is 3.26. The Bertz CT molecular complexity index is 1000. The van der Waals surface area contributed by atoms with Gasteiger partial charge in [-0.25, -0.2) is 13.4 Å². The van der Waals surface area contributed by atoms with Gasteiger partial charge in [0.25, 0.3) is 10.0 Å². The highest BCUT2D eigenvalue weighted by atomic mass is 32.2. The zero-order valence-corrected chi connectivity index (χ0v) is 18.5. The van der Waals surface area contributed by atoms with Crippen LogP contribution in [0.1, 0.15) is 44.6 Å². The van der Waals surface area contributed by atoms with Crippen molar-refractivity contribution in [3.63, 3.8) is 0 Å². The maximum atomic E-state index is 12.6. The largest absolute Gasteiger partial charge is 0.504 e. The molecule has 0 saturated heterocycles. The lowest BCUT2D eigenvalue weighted by molar-refractivity contribution is 0.434. The molecule has 0 amide bonds. The van der Waals surface area contributed by atoms with E-state index in [2.05, 4.69) is 9.98 Å². The normalized spacial score (nSPS) is 14.5. The minimum absolute atomic E-state index is 0.0235. The number of rotatable bonds is 8. The minimum Gasteiger partial charge on any atom is -0.504 e. The number of aryl methyl sites for hydroxylation is 1. The predicted molar refractivity (Wildman–Crippen MR) is 115 cm³/mol. The second-order valence-electron chi connectivity index (χ2n) is 6.31. The van der Waals surface area contributed by atoms with E-state index in [0.717, 1.165) is 16.9 Å². The van der Waals surface area contributed by atoms with E-state index in [1.807, 2.05) is 19.9 Å². The number of hydrogen-bond acceptors (Lipinski definition) is 7. The van der Waals surface area contributed by atoms with E-state index >= 15 is 0 Å². The molecule has 0 saturated carbocycles. The van der Waals surface area contributed by atoms with Crippen LogP contribution in [0.5, 0.6) is 5.75 Å². The van der Waals surface area contributed by atoms with Crippen LogP contribution in [0.25, 0.3) is 0 Å². The summed E-state index contributed by atoms with van der Waals surface area (Å²) in [5.74, 6) is 0.0642. The van der Waals surface area contributed by atoms with Crippen LogP contribution in [0, 0.1) is 6.92 Å². The van der Waals surface area contributed by atoms with Crippen LogP contribution in [-0.4, -0.2) is 42.6 Å². The molecule has 0 aliphatic carbocycles. The maximum Gasteiger partial charge on any atom is 0.256 e. The minimum atomic E-state index is -3.81. The third-order valence-corrected chi connectivity index (χ3v) is 7.78. The first-order valence-corrected chi connectivity index (χ1v) is 11.5. The standard InChI is InChI=1S/C18H27N5O4S2/c1-5-12(14-8-11(4)9-27-14)21-16(19)17(20)22-13-10-28-18(15(13)24)29(25,26)23(6-2)7-3/h8-10,12,24H,5-7H2,1-4H3,(H2,19,21)(H2,20,22)/t12-/m1/s1. The molecule has 0 aromatic carbocycles. The highest BCUT2D eigenvalue weighted by Gasteiger charge is 2.28. The number of sulfonamides is 1. The molecule has 0 bridgehead atoms. The molecule has 9 nitrogen and oxygen atoms in total. The number of hydrogen-bond donors (Lipinski definition) is 3. The fourth-order valence-corrected chi connectivity index (χ4v) is 5.48. The molecule has 0 fully saturated rings. The van der Waals surface area contributed by atoms with Crippen LogP contribution in [0.3, 0.4) is 0 Å². The van der Waals surface area contributed by atoms with Crippen molar-refractivity contribution >= 4 is 38.7 Å². The summed E-state index contributed by atoms with van der Waals surface area (Å²) in [6.07, 6.45) is 2.26. The molecular weight excluding hydrogens is 414 g/mol. The average molecular weight is 442 g/mol. The Kier molecular flexibility index (Phi) is 7.44. The van der Waals surface area contributed by atoms with Crippen molar-refractivity contribution in [1.82, 2.24) is 4.31 Å². The van der Waals surface area contributed by atoms with Crippen molar-refractivity contribution < 1.29 is 17.9 Å². The first-order chi connectivity index (χ1) is 13.6. The molecule has 2 rings (SSSR count). The van der Waals surface area contributed by atoms with Gasteiger partial charge in [0.1, 0.15) is 17.5 Å². The topological polar surface area (TPSA) is 148 Å². The Hall–Kier alpha value is -2.37. The number of nitrogens with zero attached hydrogens (tertiary/aromatic N) is 3. The number of furan rings is 1. The Labute approximate surface area is 174 Å². The van der Waals surface area contributed by atoms with Gasteiger partial charge >= 0.3 is 0 Å².